The van der Waals surface area contributed by atoms with Gasteiger partial charge in [-0.05, 0) is 33.3 Å². The number of carbonyl (C=O) groups is 1. The zero-order chi connectivity index (χ0) is 18.1. The van der Waals surface area contributed by atoms with Crippen LogP contribution in [0.5, 0.6) is 0 Å². The molecule has 1 N–H and O–H groups in total. The third-order valence-electron chi connectivity index (χ3n) is 4.18. The molecule has 0 radical (unpaired) electrons. The first-order valence-electron chi connectivity index (χ1n) is 8.46. The summed E-state index contributed by atoms with van der Waals surface area (Å²) in [6.07, 6.45) is 0.303. The van der Waals surface area contributed by atoms with Crippen molar-refractivity contribution in [1.29, 1.82) is 0 Å². The number of rotatable bonds is 4. The number of nitrogens with one attached hydrogen (secondary N) is 1. The Morgan fingerprint density at radius 2 is 2.08 bits per heavy atom. The lowest BCUT2D eigenvalue weighted by Crippen LogP contribution is -2.45. The monoisotopic (exact) mass is 365 g/mol. The Kier molecular flexibility index (Phi) is 5.21. The molecule has 2 atom stereocenters. The van der Waals surface area contributed by atoms with E-state index in [1.54, 1.807) is 13.8 Å². The SMILES string of the molecule is CCOC(=O)c1sc2nc(CN3CC(C)OC(C)C3)[nH]c(=O)c2c1C. The summed E-state index contributed by atoms with van der Waals surface area (Å²) in [4.78, 5) is 35.2. The summed E-state index contributed by atoms with van der Waals surface area (Å²) in [6, 6.07) is 0. The maximum absolute atomic E-state index is 12.5. The van der Waals surface area contributed by atoms with Gasteiger partial charge in [0.25, 0.3) is 5.56 Å². The van der Waals surface area contributed by atoms with Crippen LogP contribution in [0.4, 0.5) is 0 Å². The van der Waals surface area contributed by atoms with Gasteiger partial charge < -0.3 is 14.5 Å². The maximum Gasteiger partial charge on any atom is 0.348 e. The second kappa shape index (κ2) is 7.23. The Morgan fingerprint density at radius 3 is 2.72 bits per heavy atom. The van der Waals surface area contributed by atoms with Crippen LogP contribution in [-0.2, 0) is 16.0 Å². The molecule has 2 aromatic rings. The van der Waals surface area contributed by atoms with E-state index in [0.717, 1.165) is 13.1 Å². The zero-order valence-corrected chi connectivity index (χ0v) is 15.7. The molecule has 0 amide bonds. The third kappa shape index (κ3) is 3.75. The molecule has 2 aromatic heterocycles. The molecule has 25 heavy (non-hydrogen) atoms. The lowest BCUT2D eigenvalue weighted by molar-refractivity contribution is -0.0710. The molecule has 0 spiro atoms. The number of carbonyl (C=O) groups excluding carboxylic acids is 1. The van der Waals surface area contributed by atoms with Crippen molar-refractivity contribution < 1.29 is 14.3 Å². The zero-order valence-electron chi connectivity index (χ0n) is 14.9. The van der Waals surface area contributed by atoms with Crippen molar-refractivity contribution in [2.75, 3.05) is 19.7 Å². The van der Waals surface area contributed by atoms with Crippen molar-refractivity contribution in [2.45, 2.75) is 46.4 Å². The van der Waals surface area contributed by atoms with Crippen LogP contribution in [-0.4, -0.2) is 52.7 Å². The number of esters is 1. The van der Waals surface area contributed by atoms with Crippen molar-refractivity contribution in [3.8, 4) is 0 Å². The number of aryl methyl sites for hydroxylation is 1. The third-order valence-corrected chi connectivity index (χ3v) is 5.34. The van der Waals surface area contributed by atoms with E-state index in [4.69, 9.17) is 9.47 Å². The van der Waals surface area contributed by atoms with Gasteiger partial charge in [-0.25, -0.2) is 9.78 Å². The Labute approximate surface area is 150 Å². The summed E-state index contributed by atoms with van der Waals surface area (Å²) in [7, 11) is 0. The molecule has 1 aliphatic heterocycles. The fraction of sp³-hybridized carbons (Fsp3) is 0.588. The number of nitrogens with zero attached hydrogens (tertiary/aromatic N) is 2. The Bertz CT molecular complexity index is 834. The van der Waals surface area contributed by atoms with Crippen molar-refractivity contribution in [1.82, 2.24) is 14.9 Å². The molecule has 2 unspecified atom stereocenters. The molecule has 8 heteroatoms. The number of hydrogen-bond donors (Lipinski definition) is 1. The largest absolute Gasteiger partial charge is 0.462 e. The minimum absolute atomic E-state index is 0.151. The molecule has 1 aliphatic rings. The van der Waals surface area contributed by atoms with Crippen molar-refractivity contribution in [3.05, 3.63) is 26.6 Å². The summed E-state index contributed by atoms with van der Waals surface area (Å²) in [5.41, 5.74) is 0.422. The highest BCUT2D eigenvalue weighted by Gasteiger charge is 2.24. The van der Waals surface area contributed by atoms with E-state index in [2.05, 4.69) is 14.9 Å². The van der Waals surface area contributed by atoms with Crippen LogP contribution in [0.1, 0.15) is 41.8 Å². The normalized spacial score (nSPS) is 21.6. The molecule has 0 bridgehead atoms. The van der Waals surface area contributed by atoms with E-state index >= 15 is 0 Å². The molecule has 0 saturated carbocycles. The lowest BCUT2D eigenvalue weighted by atomic mass is 10.2. The maximum atomic E-state index is 12.5. The van der Waals surface area contributed by atoms with Gasteiger partial charge in [0.05, 0.1) is 30.7 Å². The first-order chi connectivity index (χ1) is 11.9. The number of H-pyrrole nitrogens is 1. The van der Waals surface area contributed by atoms with E-state index in [9.17, 15) is 9.59 Å². The lowest BCUT2D eigenvalue weighted by Gasteiger charge is -2.34. The van der Waals surface area contributed by atoms with E-state index < -0.39 is 5.97 Å². The highest BCUT2D eigenvalue weighted by molar-refractivity contribution is 7.20. The average Bonchev–Trinajstić information content (AvgIpc) is 2.83. The summed E-state index contributed by atoms with van der Waals surface area (Å²) in [6.45, 7) is 10.0. The number of aromatic amines is 1. The fourth-order valence-corrected chi connectivity index (χ4v) is 4.37. The van der Waals surface area contributed by atoms with Gasteiger partial charge in [-0.3, -0.25) is 9.69 Å². The van der Waals surface area contributed by atoms with Crippen molar-refractivity contribution >= 4 is 27.5 Å². The van der Waals surface area contributed by atoms with Crippen molar-refractivity contribution in [2.24, 2.45) is 0 Å². The van der Waals surface area contributed by atoms with E-state index in [-0.39, 0.29) is 17.8 Å². The molecule has 7 nitrogen and oxygen atoms in total. The minimum atomic E-state index is -0.403. The summed E-state index contributed by atoms with van der Waals surface area (Å²) >= 11 is 1.21. The molecule has 0 aromatic carbocycles. The topological polar surface area (TPSA) is 84.5 Å². The predicted octanol–water partition coefficient (Wildman–Crippen LogP) is 2.08. The van der Waals surface area contributed by atoms with Gasteiger partial charge in [-0.15, -0.1) is 11.3 Å². The highest BCUT2D eigenvalue weighted by Crippen LogP contribution is 2.27. The number of hydrogen-bond acceptors (Lipinski definition) is 7. The van der Waals surface area contributed by atoms with Gasteiger partial charge in [-0.1, -0.05) is 0 Å². The molecule has 3 rings (SSSR count). The second-order valence-corrected chi connectivity index (χ2v) is 7.42. The number of fused-ring (bicyclic) bond motifs is 1. The highest BCUT2D eigenvalue weighted by atomic mass is 32.1. The summed E-state index contributed by atoms with van der Waals surface area (Å²) in [5, 5.41) is 0.473. The van der Waals surface area contributed by atoms with Gasteiger partial charge >= 0.3 is 5.97 Å². The van der Waals surface area contributed by atoms with Gasteiger partial charge in [0, 0.05) is 13.1 Å². The average molecular weight is 365 g/mol. The van der Waals surface area contributed by atoms with E-state index in [1.165, 1.54) is 11.3 Å². The number of thiophene rings is 1. The molecule has 136 valence electrons. The smallest absolute Gasteiger partial charge is 0.348 e. The summed E-state index contributed by atoms with van der Waals surface area (Å²) in [5.74, 6) is 0.204. The van der Waals surface area contributed by atoms with E-state index in [1.807, 2.05) is 13.8 Å². The standard InChI is InChI=1S/C17H23N3O4S/c1-5-23-17(22)14-11(4)13-15(21)18-12(19-16(13)25-14)8-20-6-9(2)24-10(3)7-20/h9-10H,5-8H2,1-4H3,(H,18,19,21). The van der Waals surface area contributed by atoms with E-state index in [0.29, 0.717) is 39.6 Å². The Balaban J connectivity index is 1.91. The number of aromatic nitrogens is 2. The molecular weight excluding hydrogens is 342 g/mol. The van der Waals surface area contributed by atoms with Gasteiger partial charge in [0.2, 0.25) is 0 Å². The fourth-order valence-electron chi connectivity index (χ4n) is 3.28. The second-order valence-electron chi connectivity index (χ2n) is 6.42. The number of ether oxygens (including phenoxy) is 2. The summed E-state index contributed by atoms with van der Waals surface area (Å²) < 4.78 is 10.8. The van der Waals surface area contributed by atoms with Crippen molar-refractivity contribution in [3.63, 3.8) is 0 Å². The van der Waals surface area contributed by atoms with Crippen LogP contribution in [0, 0.1) is 6.92 Å². The Hall–Kier alpha value is -1.77. The van der Waals surface area contributed by atoms with Gasteiger partial charge in [-0.2, -0.15) is 0 Å². The quantitative estimate of drug-likeness (QED) is 0.835. The van der Waals surface area contributed by atoms with Gasteiger partial charge in [0.1, 0.15) is 15.5 Å². The van der Waals surface area contributed by atoms with Crippen LogP contribution >= 0.6 is 11.3 Å². The number of morpholine rings is 1. The molecule has 0 aliphatic carbocycles. The van der Waals surface area contributed by atoms with Crippen LogP contribution in [0.2, 0.25) is 0 Å². The van der Waals surface area contributed by atoms with Crippen LogP contribution < -0.4 is 5.56 Å². The molecule has 3 heterocycles. The molecule has 1 fully saturated rings. The predicted molar refractivity (Wildman–Crippen MR) is 96.2 cm³/mol. The van der Waals surface area contributed by atoms with Crippen LogP contribution in [0.15, 0.2) is 4.79 Å². The Morgan fingerprint density at radius 1 is 1.40 bits per heavy atom. The minimum Gasteiger partial charge on any atom is -0.462 e. The van der Waals surface area contributed by atoms with Gasteiger partial charge in [0.15, 0.2) is 0 Å². The molecular formula is C17H23N3O4S. The first-order valence-corrected chi connectivity index (χ1v) is 9.27. The molecule has 1 saturated heterocycles. The van der Waals surface area contributed by atoms with Crippen LogP contribution in [0.3, 0.4) is 0 Å². The van der Waals surface area contributed by atoms with Crippen LogP contribution in [0.25, 0.3) is 10.2 Å². The first kappa shape index (κ1) is 18.0.